The molecule has 4 heteroatoms. The molecule has 2 amide bonds. The molecule has 1 N–H and O–H groups in total. The summed E-state index contributed by atoms with van der Waals surface area (Å²) in [5.41, 5.74) is -0.441. The van der Waals surface area contributed by atoms with Crippen LogP contribution in [0.2, 0.25) is 0 Å². The average Bonchev–Trinajstić information content (AvgIpc) is 2.55. The lowest BCUT2D eigenvalue weighted by Crippen LogP contribution is -2.40. The number of benzene rings is 1. The fraction of sp³-hybridized carbons (Fsp3) is 0.385. The van der Waals surface area contributed by atoms with Crippen molar-refractivity contribution < 1.29 is 14.3 Å². The standard InChI is InChI=1S/C13H15NO3/c1-9(2)17-13(8-11(15)14-12(13)16)10-6-4-3-5-7-10/h3-7,9H,8H2,1-2H3,(H,14,15,16). The molecule has 0 bridgehead atoms. The topological polar surface area (TPSA) is 55.4 Å². The molecule has 0 radical (unpaired) electrons. The van der Waals surface area contributed by atoms with Gasteiger partial charge < -0.3 is 4.74 Å². The first-order valence-electron chi connectivity index (χ1n) is 5.62. The van der Waals surface area contributed by atoms with Crippen molar-refractivity contribution in [2.24, 2.45) is 0 Å². The molecule has 1 aliphatic rings. The minimum absolute atomic E-state index is 0.0496. The number of hydrogen-bond donors (Lipinski definition) is 1. The molecule has 1 fully saturated rings. The first-order valence-corrected chi connectivity index (χ1v) is 5.62. The second kappa shape index (κ2) is 4.30. The van der Waals surface area contributed by atoms with Gasteiger partial charge in [0.15, 0.2) is 5.60 Å². The third-order valence-electron chi connectivity index (χ3n) is 2.71. The molecule has 1 heterocycles. The van der Waals surface area contributed by atoms with Gasteiger partial charge in [0.05, 0.1) is 12.5 Å². The summed E-state index contributed by atoms with van der Waals surface area (Å²) in [6.45, 7) is 3.70. The lowest BCUT2D eigenvalue weighted by atomic mass is 9.91. The van der Waals surface area contributed by atoms with Crippen LogP contribution in [0.1, 0.15) is 25.8 Å². The molecule has 1 saturated heterocycles. The highest BCUT2D eigenvalue weighted by Gasteiger charge is 2.49. The maximum Gasteiger partial charge on any atom is 0.264 e. The maximum absolute atomic E-state index is 12.0. The Labute approximate surface area is 100.0 Å². The quantitative estimate of drug-likeness (QED) is 0.802. The summed E-state index contributed by atoms with van der Waals surface area (Å²) >= 11 is 0. The number of amides is 2. The lowest BCUT2D eigenvalue weighted by Gasteiger charge is -2.28. The van der Waals surface area contributed by atoms with E-state index >= 15 is 0 Å². The minimum Gasteiger partial charge on any atom is -0.357 e. The van der Waals surface area contributed by atoms with E-state index < -0.39 is 5.60 Å². The van der Waals surface area contributed by atoms with Gasteiger partial charge in [-0.15, -0.1) is 0 Å². The summed E-state index contributed by atoms with van der Waals surface area (Å²) in [7, 11) is 0. The molecule has 0 saturated carbocycles. The Balaban J connectivity index is 2.45. The van der Waals surface area contributed by atoms with E-state index in [0.29, 0.717) is 0 Å². The van der Waals surface area contributed by atoms with E-state index in [1.807, 2.05) is 32.0 Å². The molecule has 1 unspecified atom stereocenters. The van der Waals surface area contributed by atoms with Crippen LogP contribution in [0.25, 0.3) is 0 Å². The van der Waals surface area contributed by atoms with Crippen molar-refractivity contribution in [2.75, 3.05) is 0 Å². The van der Waals surface area contributed by atoms with Crippen LogP contribution in [0, 0.1) is 0 Å². The van der Waals surface area contributed by atoms with Gasteiger partial charge in [-0.3, -0.25) is 14.9 Å². The number of carbonyl (C=O) groups is 2. The monoisotopic (exact) mass is 233 g/mol. The van der Waals surface area contributed by atoms with Crippen LogP contribution in [0.3, 0.4) is 0 Å². The zero-order valence-corrected chi connectivity index (χ0v) is 9.90. The van der Waals surface area contributed by atoms with Crippen LogP contribution in [-0.4, -0.2) is 17.9 Å². The van der Waals surface area contributed by atoms with E-state index in [-0.39, 0.29) is 24.3 Å². The number of hydrogen-bond acceptors (Lipinski definition) is 3. The van der Waals surface area contributed by atoms with Gasteiger partial charge in [0, 0.05) is 0 Å². The normalized spacial score (nSPS) is 24.2. The van der Waals surface area contributed by atoms with E-state index in [9.17, 15) is 9.59 Å². The van der Waals surface area contributed by atoms with E-state index in [1.54, 1.807) is 12.1 Å². The van der Waals surface area contributed by atoms with Gasteiger partial charge in [-0.2, -0.15) is 0 Å². The molecule has 1 atom stereocenters. The molecule has 1 aromatic carbocycles. The third-order valence-corrected chi connectivity index (χ3v) is 2.71. The summed E-state index contributed by atoms with van der Waals surface area (Å²) in [5, 5.41) is 2.31. The average molecular weight is 233 g/mol. The SMILES string of the molecule is CC(C)OC1(c2ccccc2)CC(=O)NC1=O. The minimum atomic E-state index is -1.16. The summed E-state index contributed by atoms with van der Waals surface area (Å²) in [4.78, 5) is 23.4. The smallest absolute Gasteiger partial charge is 0.264 e. The van der Waals surface area contributed by atoms with Crippen molar-refractivity contribution in [2.45, 2.75) is 32.0 Å². The number of rotatable bonds is 3. The molecule has 2 rings (SSSR count). The fourth-order valence-electron chi connectivity index (χ4n) is 2.08. The van der Waals surface area contributed by atoms with Gasteiger partial charge >= 0.3 is 0 Å². The van der Waals surface area contributed by atoms with Crippen LogP contribution in [0.5, 0.6) is 0 Å². The van der Waals surface area contributed by atoms with Gasteiger partial charge in [0.1, 0.15) is 0 Å². The Hall–Kier alpha value is -1.68. The zero-order valence-electron chi connectivity index (χ0n) is 9.90. The van der Waals surface area contributed by atoms with Crippen molar-refractivity contribution in [3.8, 4) is 0 Å². The van der Waals surface area contributed by atoms with Gasteiger partial charge in [0.2, 0.25) is 5.91 Å². The summed E-state index contributed by atoms with van der Waals surface area (Å²) in [5.74, 6) is -0.665. The van der Waals surface area contributed by atoms with Crippen LogP contribution in [0.15, 0.2) is 30.3 Å². The Morgan fingerprint density at radius 1 is 1.24 bits per heavy atom. The second-order valence-corrected chi connectivity index (χ2v) is 4.41. The van der Waals surface area contributed by atoms with Crippen LogP contribution in [0.4, 0.5) is 0 Å². The highest BCUT2D eigenvalue weighted by Crippen LogP contribution is 2.34. The van der Waals surface area contributed by atoms with Crippen molar-refractivity contribution >= 4 is 11.8 Å². The lowest BCUT2D eigenvalue weighted by molar-refractivity contribution is -0.149. The molecule has 4 nitrogen and oxygen atoms in total. The summed E-state index contributed by atoms with van der Waals surface area (Å²) in [6, 6.07) is 9.13. The molecular formula is C13H15NO3. The van der Waals surface area contributed by atoms with Gasteiger partial charge in [0.25, 0.3) is 5.91 Å². The summed E-state index contributed by atoms with van der Waals surface area (Å²) in [6.07, 6.45) is -0.0829. The predicted octanol–water partition coefficient (Wildman–Crippen LogP) is 1.35. The molecule has 1 aliphatic heterocycles. The molecule has 90 valence electrons. The maximum atomic E-state index is 12.0. The van der Waals surface area contributed by atoms with Crippen molar-refractivity contribution in [3.63, 3.8) is 0 Å². The Bertz CT molecular complexity index is 441. The fourth-order valence-corrected chi connectivity index (χ4v) is 2.08. The van der Waals surface area contributed by atoms with E-state index in [4.69, 9.17) is 4.74 Å². The number of ether oxygens (including phenoxy) is 1. The summed E-state index contributed by atoms with van der Waals surface area (Å²) < 4.78 is 5.73. The predicted molar refractivity (Wildman–Crippen MR) is 62.1 cm³/mol. The van der Waals surface area contributed by atoms with Gasteiger partial charge in [-0.1, -0.05) is 30.3 Å². The van der Waals surface area contributed by atoms with Crippen LogP contribution >= 0.6 is 0 Å². The number of carbonyl (C=O) groups excluding carboxylic acids is 2. The number of imide groups is 1. The first kappa shape index (κ1) is 11.8. The molecular weight excluding hydrogens is 218 g/mol. The second-order valence-electron chi connectivity index (χ2n) is 4.41. The third kappa shape index (κ3) is 2.08. The first-order chi connectivity index (χ1) is 8.04. The largest absolute Gasteiger partial charge is 0.357 e. The van der Waals surface area contributed by atoms with Gasteiger partial charge in [-0.25, -0.2) is 0 Å². The van der Waals surface area contributed by atoms with E-state index in [2.05, 4.69) is 5.32 Å². The highest BCUT2D eigenvalue weighted by atomic mass is 16.5. The highest BCUT2D eigenvalue weighted by molar-refractivity contribution is 6.08. The van der Waals surface area contributed by atoms with Crippen molar-refractivity contribution in [1.82, 2.24) is 5.32 Å². The molecule has 0 aliphatic carbocycles. The van der Waals surface area contributed by atoms with Crippen molar-refractivity contribution in [3.05, 3.63) is 35.9 Å². The Kier molecular flexibility index (Phi) is 2.98. The van der Waals surface area contributed by atoms with Gasteiger partial charge in [-0.05, 0) is 19.4 Å². The molecule has 0 spiro atoms. The number of nitrogens with one attached hydrogen (secondary N) is 1. The molecule has 17 heavy (non-hydrogen) atoms. The Morgan fingerprint density at radius 2 is 1.88 bits per heavy atom. The van der Waals surface area contributed by atoms with E-state index in [0.717, 1.165) is 5.56 Å². The van der Waals surface area contributed by atoms with Crippen LogP contribution in [-0.2, 0) is 19.9 Å². The van der Waals surface area contributed by atoms with Crippen LogP contribution < -0.4 is 5.32 Å². The molecule has 0 aromatic heterocycles. The van der Waals surface area contributed by atoms with Crippen molar-refractivity contribution in [1.29, 1.82) is 0 Å². The Morgan fingerprint density at radius 3 is 2.35 bits per heavy atom. The zero-order chi connectivity index (χ0) is 12.5. The van der Waals surface area contributed by atoms with E-state index in [1.165, 1.54) is 0 Å². The molecule has 1 aromatic rings.